The van der Waals surface area contributed by atoms with Crippen LogP contribution in [0.25, 0.3) is 11.1 Å². The number of hydrogen-bond donors (Lipinski definition) is 0. The van der Waals surface area contributed by atoms with Gasteiger partial charge < -0.3 is 0 Å². The van der Waals surface area contributed by atoms with Gasteiger partial charge in [0.25, 0.3) is 0 Å². The van der Waals surface area contributed by atoms with E-state index < -0.39 is 0 Å². The van der Waals surface area contributed by atoms with Gasteiger partial charge in [-0.2, -0.15) is 0 Å². The standard InChI is InChI=1S/C44H45N/c1-30-17-9-6-14-22-38(29-30)33(4)43(37-27-25-31(2)32(3)26-28-37)45-44-34(5)41(35-18-10-7-11-19-35)39-23-15-16-24-40(39)42(44)36-20-12-8-13-21-36/h7-8,10-16,18-31,34H,6,9,17H2,1-5H3/b22-14-,38-29+,43-33+,45-44?. The van der Waals surface area contributed by atoms with E-state index in [1.165, 1.54) is 62.3 Å². The fourth-order valence-corrected chi connectivity index (χ4v) is 6.82. The molecule has 0 spiro atoms. The van der Waals surface area contributed by atoms with Gasteiger partial charge in [-0.3, -0.25) is 4.99 Å². The SMILES string of the molecule is CC1=CC=C(\C(N=C2C(c3ccccc3)=c3ccccc3=C(c3ccccc3)C2C)=C(C)/C2=C/C(C)CCC/C=C\2)C=CC1C. The quantitative estimate of drug-likeness (QED) is 0.282. The number of aliphatic imine (C=N–C) groups is 1. The van der Waals surface area contributed by atoms with E-state index in [1.807, 2.05) is 0 Å². The molecule has 3 aliphatic rings. The lowest BCUT2D eigenvalue weighted by Gasteiger charge is -2.27. The van der Waals surface area contributed by atoms with Crippen LogP contribution in [0, 0.1) is 17.8 Å². The molecule has 0 N–H and O–H groups in total. The van der Waals surface area contributed by atoms with E-state index in [0.29, 0.717) is 11.8 Å². The second-order valence-corrected chi connectivity index (χ2v) is 12.9. The number of hydrogen-bond acceptors (Lipinski definition) is 1. The van der Waals surface area contributed by atoms with Crippen LogP contribution in [0.4, 0.5) is 0 Å². The van der Waals surface area contributed by atoms with E-state index in [2.05, 4.69) is 162 Å². The van der Waals surface area contributed by atoms with Gasteiger partial charge in [-0.15, -0.1) is 0 Å². The van der Waals surface area contributed by atoms with Crippen molar-refractivity contribution in [3.63, 3.8) is 0 Å². The molecule has 3 atom stereocenters. The number of rotatable bonds is 5. The fourth-order valence-electron chi connectivity index (χ4n) is 6.82. The van der Waals surface area contributed by atoms with E-state index >= 15 is 0 Å². The minimum absolute atomic E-state index is 0.0765. The highest BCUT2D eigenvalue weighted by Gasteiger charge is 2.28. The molecule has 1 heteroatoms. The van der Waals surface area contributed by atoms with Crippen molar-refractivity contribution in [3.05, 3.63) is 177 Å². The zero-order chi connectivity index (χ0) is 31.3. The Balaban J connectivity index is 1.69. The lowest BCUT2D eigenvalue weighted by atomic mass is 9.78. The van der Waals surface area contributed by atoms with E-state index in [-0.39, 0.29) is 5.92 Å². The fraction of sp³-hybridized carbons (Fsp3) is 0.250. The third kappa shape index (κ3) is 6.50. The lowest BCUT2D eigenvalue weighted by molar-refractivity contribution is 0.606. The van der Waals surface area contributed by atoms with Gasteiger partial charge in [-0.05, 0) is 83.2 Å². The Labute approximate surface area is 269 Å². The van der Waals surface area contributed by atoms with Crippen molar-refractivity contribution < 1.29 is 0 Å². The summed E-state index contributed by atoms with van der Waals surface area (Å²) in [5, 5.41) is 2.53. The van der Waals surface area contributed by atoms with Crippen LogP contribution in [0.3, 0.4) is 0 Å². The molecule has 0 heterocycles. The van der Waals surface area contributed by atoms with E-state index in [4.69, 9.17) is 4.99 Å². The first-order valence-electron chi connectivity index (χ1n) is 16.6. The van der Waals surface area contributed by atoms with Crippen LogP contribution >= 0.6 is 0 Å². The highest BCUT2D eigenvalue weighted by molar-refractivity contribution is 6.28. The molecule has 0 fully saturated rings. The van der Waals surface area contributed by atoms with Crippen LogP contribution in [0.2, 0.25) is 0 Å². The summed E-state index contributed by atoms with van der Waals surface area (Å²) in [6, 6.07) is 30.6. The Hall–Kier alpha value is -4.49. The van der Waals surface area contributed by atoms with E-state index in [0.717, 1.165) is 23.4 Å². The second-order valence-electron chi connectivity index (χ2n) is 12.9. The Kier molecular flexibility index (Phi) is 9.26. The maximum Gasteiger partial charge on any atom is 0.0740 e. The molecular weight excluding hydrogens is 542 g/mol. The summed E-state index contributed by atoms with van der Waals surface area (Å²) in [5.41, 5.74) is 12.2. The molecule has 0 aromatic heterocycles. The zero-order valence-electron chi connectivity index (χ0n) is 27.4. The van der Waals surface area contributed by atoms with Gasteiger partial charge in [0.2, 0.25) is 0 Å². The minimum Gasteiger partial charge on any atom is -0.251 e. The monoisotopic (exact) mass is 587 g/mol. The van der Waals surface area contributed by atoms with Crippen LogP contribution in [-0.4, -0.2) is 5.71 Å². The van der Waals surface area contributed by atoms with Crippen LogP contribution in [-0.2, 0) is 0 Å². The summed E-state index contributed by atoms with van der Waals surface area (Å²) < 4.78 is 0. The smallest absolute Gasteiger partial charge is 0.0740 e. The molecule has 0 radical (unpaired) electrons. The summed E-state index contributed by atoms with van der Waals surface area (Å²) in [4.78, 5) is 5.83. The molecule has 1 nitrogen and oxygen atoms in total. The summed E-state index contributed by atoms with van der Waals surface area (Å²) in [6.07, 6.45) is 19.9. The summed E-state index contributed by atoms with van der Waals surface area (Å²) in [5.74, 6) is 0.991. The zero-order valence-corrected chi connectivity index (χ0v) is 27.4. The largest absolute Gasteiger partial charge is 0.251 e. The van der Waals surface area contributed by atoms with Crippen molar-refractivity contribution in [3.8, 4) is 0 Å². The number of nitrogens with zero attached hydrogens (tertiary/aromatic N) is 1. The summed E-state index contributed by atoms with van der Waals surface area (Å²) >= 11 is 0. The van der Waals surface area contributed by atoms with E-state index in [1.54, 1.807) is 0 Å². The molecule has 0 saturated carbocycles. The van der Waals surface area contributed by atoms with Gasteiger partial charge in [0.05, 0.1) is 11.4 Å². The third-order valence-electron chi connectivity index (χ3n) is 9.63. The highest BCUT2D eigenvalue weighted by atomic mass is 14.8. The molecule has 0 amide bonds. The van der Waals surface area contributed by atoms with Gasteiger partial charge in [0.1, 0.15) is 0 Å². The molecular formula is C44H45N. The maximum absolute atomic E-state index is 5.83. The first-order valence-corrected chi connectivity index (χ1v) is 16.6. The number of benzene rings is 3. The van der Waals surface area contributed by atoms with Crippen molar-refractivity contribution in [1.29, 1.82) is 0 Å². The van der Waals surface area contributed by atoms with Crippen LogP contribution in [0.5, 0.6) is 0 Å². The molecule has 0 saturated heterocycles. The summed E-state index contributed by atoms with van der Waals surface area (Å²) in [7, 11) is 0. The van der Waals surface area contributed by atoms with Crippen molar-refractivity contribution in [1.82, 2.24) is 0 Å². The molecule has 45 heavy (non-hydrogen) atoms. The molecule has 3 aromatic carbocycles. The second kappa shape index (κ2) is 13.7. The first kappa shape index (κ1) is 30.5. The van der Waals surface area contributed by atoms with Gasteiger partial charge >= 0.3 is 0 Å². The van der Waals surface area contributed by atoms with Crippen LogP contribution < -0.4 is 10.4 Å². The van der Waals surface area contributed by atoms with Crippen molar-refractivity contribution in [2.45, 2.75) is 53.9 Å². The Morgan fingerprint density at radius 2 is 1.40 bits per heavy atom. The van der Waals surface area contributed by atoms with Gasteiger partial charge in [0.15, 0.2) is 0 Å². The topological polar surface area (TPSA) is 12.4 Å². The Bertz CT molecular complexity index is 1900. The van der Waals surface area contributed by atoms with Crippen molar-refractivity contribution >= 4 is 16.9 Å². The molecule has 3 aliphatic carbocycles. The van der Waals surface area contributed by atoms with Crippen molar-refractivity contribution in [2.75, 3.05) is 0 Å². The van der Waals surface area contributed by atoms with Crippen LogP contribution in [0.1, 0.15) is 65.0 Å². The average molecular weight is 588 g/mol. The summed E-state index contributed by atoms with van der Waals surface area (Å²) in [6.45, 7) is 11.5. The average Bonchev–Trinajstić information content (AvgIpc) is 3.22. The first-order chi connectivity index (χ1) is 21.9. The predicted octanol–water partition coefficient (Wildman–Crippen LogP) is 9.83. The normalized spacial score (nSPS) is 25.1. The van der Waals surface area contributed by atoms with Crippen LogP contribution in [0.15, 0.2) is 160 Å². The predicted molar refractivity (Wildman–Crippen MR) is 193 cm³/mol. The van der Waals surface area contributed by atoms with Gasteiger partial charge in [0, 0.05) is 17.1 Å². The molecule has 226 valence electrons. The Morgan fingerprint density at radius 1 is 0.733 bits per heavy atom. The molecule has 6 rings (SSSR count). The highest BCUT2D eigenvalue weighted by Crippen LogP contribution is 2.35. The van der Waals surface area contributed by atoms with E-state index in [9.17, 15) is 0 Å². The molecule has 0 bridgehead atoms. The minimum atomic E-state index is 0.0765. The van der Waals surface area contributed by atoms with Crippen molar-refractivity contribution in [2.24, 2.45) is 22.7 Å². The third-order valence-corrected chi connectivity index (χ3v) is 9.63. The lowest BCUT2D eigenvalue weighted by Crippen LogP contribution is -2.40. The Morgan fingerprint density at radius 3 is 2.13 bits per heavy atom. The molecule has 0 aliphatic heterocycles. The van der Waals surface area contributed by atoms with Gasteiger partial charge in [-0.1, -0.05) is 154 Å². The van der Waals surface area contributed by atoms with Gasteiger partial charge in [-0.25, -0.2) is 0 Å². The molecule has 3 aromatic rings. The molecule has 3 unspecified atom stereocenters. The number of fused-ring (bicyclic) bond motifs is 1. The maximum atomic E-state index is 5.83. The number of allylic oxidation sites excluding steroid dienone is 10.